The van der Waals surface area contributed by atoms with E-state index in [0.29, 0.717) is 31.9 Å². The summed E-state index contributed by atoms with van der Waals surface area (Å²) in [4.78, 5) is 72.0. The minimum atomic E-state index is -0.742. The van der Waals surface area contributed by atoms with Crippen LogP contribution in [-0.4, -0.2) is 107 Å². The number of likely N-dealkylation sites (tertiary alicyclic amines) is 2. The number of carbonyl (C=O) groups excluding carboxylic acids is 4. The van der Waals surface area contributed by atoms with E-state index in [9.17, 15) is 19.2 Å². The number of hydrogen-bond acceptors (Lipinski definition) is 9. The molecule has 0 radical (unpaired) electrons. The molecule has 2 aliphatic rings. The average Bonchev–Trinajstić information content (AvgIpc) is 4.07. The number of benzene rings is 3. The van der Waals surface area contributed by atoms with Crippen LogP contribution in [0.4, 0.5) is 9.59 Å². The molecule has 59 heavy (non-hydrogen) atoms. The van der Waals surface area contributed by atoms with Crippen molar-refractivity contribution in [3.05, 3.63) is 72.4 Å². The highest BCUT2D eigenvalue weighted by molar-refractivity contribution is 6.05. The number of aromatic amines is 2. The number of H-pyrrole nitrogens is 2. The lowest BCUT2D eigenvalue weighted by atomic mass is 9.99. The van der Waals surface area contributed by atoms with Crippen LogP contribution in [0.3, 0.4) is 0 Å². The number of ether oxygens (including phenoxy) is 3. The van der Waals surface area contributed by atoms with Gasteiger partial charge in [0.15, 0.2) is 0 Å². The molecule has 4 heterocycles. The van der Waals surface area contributed by atoms with E-state index in [2.05, 4.69) is 69.1 Å². The summed E-state index contributed by atoms with van der Waals surface area (Å²) in [6.07, 6.45) is 2.82. The molecule has 2 saturated heterocycles. The Hall–Kier alpha value is -5.96. The first-order chi connectivity index (χ1) is 28.4. The molecule has 15 nitrogen and oxygen atoms in total. The molecule has 7 rings (SSSR count). The first-order valence-corrected chi connectivity index (χ1v) is 20.3. The molecule has 4 N–H and O–H groups in total. The molecule has 0 unspecified atom stereocenters. The van der Waals surface area contributed by atoms with Crippen molar-refractivity contribution in [2.75, 3.05) is 41.0 Å². The van der Waals surface area contributed by atoms with E-state index < -0.39 is 24.3 Å². The molecule has 2 fully saturated rings. The first kappa shape index (κ1) is 41.2. The van der Waals surface area contributed by atoms with E-state index in [0.717, 1.165) is 62.9 Å². The van der Waals surface area contributed by atoms with E-state index >= 15 is 0 Å². The highest BCUT2D eigenvalue weighted by atomic mass is 16.5. The third-order valence-corrected chi connectivity index (χ3v) is 11.6. The van der Waals surface area contributed by atoms with Gasteiger partial charge >= 0.3 is 12.2 Å². The maximum atomic E-state index is 13.9. The molecule has 4 amide bonds. The molecule has 5 atom stereocenters. The lowest BCUT2D eigenvalue weighted by Gasteiger charge is -2.30. The van der Waals surface area contributed by atoms with Gasteiger partial charge in [-0.25, -0.2) is 19.6 Å². The van der Waals surface area contributed by atoms with E-state index in [4.69, 9.17) is 24.2 Å². The highest BCUT2D eigenvalue weighted by Crippen LogP contribution is 2.38. The van der Waals surface area contributed by atoms with Crippen LogP contribution < -0.4 is 10.6 Å². The monoisotopic (exact) mass is 806 g/mol. The summed E-state index contributed by atoms with van der Waals surface area (Å²) in [5, 5.41) is 7.51. The Morgan fingerprint density at radius 1 is 0.780 bits per heavy atom. The molecule has 15 heteroatoms. The van der Waals surface area contributed by atoms with Gasteiger partial charge in [0.25, 0.3) is 0 Å². The zero-order valence-electron chi connectivity index (χ0n) is 34.7. The van der Waals surface area contributed by atoms with Gasteiger partial charge in [-0.15, -0.1) is 0 Å². The second-order valence-corrected chi connectivity index (χ2v) is 16.2. The molecule has 0 aliphatic carbocycles. The lowest BCUT2D eigenvalue weighted by molar-refractivity contribution is -0.136. The van der Waals surface area contributed by atoms with Crippen LogP contribution in [0.15, 0.2) is 60.8 Å². The van der Waals surface area contributed by atoms with Crippen LogP contribution in [0.2, 0.25) is 0 Å². The molecule has 3 aromatic carbocycles. The number of aromatic nitrogens is 4. The molecule has 0 spiro atoms. The standard InChI is InChI=1S/C44H54N8O7/c1-24(2)36(49-43(55)58-6)41(53)51-18-8-9-34(51)40-46-32-17-15-30-20-29(14-16-31(30)38(32)48-40)27-10-12-28(13-11-27)33-21-45-39(47-33)35-19-26(23-57-5)22-52(35)42(54)37(25(3)4)50-44(56)59-7/h10-17,20-21,24-26,34-37H,8-9,18-19,22-23H2,1-7H3,(H,45,47)(H,46,48)(H,49,55)(H,50,56)/t26-,34-,35-,36-,37-/m0/s1. The topological polar surface area (TPSA) is 184 Å². The first-order valence-electron chi connectivity index (χ1n) is 20.3. The summed E-state index contributed by atoms with van der Waals surface area (Å²) in [5.74, 6) is 0.951. The number of methoxy groups -OCH3 is 3. The zero-order valence-corrected chi connectivity index (χ0v) is 34.7. The van der Waals surface area contributed by atoms with E-state index in [1.165, 1.54) is 14.2 Å². The SMILES string of the molecule is COC[C@H]1C[C@@H](c2ncc(-c3ccc(-c4ccc5c(ccc6nc([C@@H]7CCCN7C(=O)[C@@H](NC(=O)OC)C(C)C)[nH]c65)c4)cc3)[nH]2)N(C(=O)[C@@H](NC(=O)OC)C(C)C)C1. The van der Waals surface area contributed by atoms with Crippen LogP contribution in [0, 0.1) is 17.8 Å². The Kier molecular flexibility index (Phi) is 12.2. The molecule has 2 aromatic heterocycles. The Morgan fingerprint density at radius 2 is 1.42 bits per heavy atom. The quantitative estimate of drug-likeness (QED) is 0.106. The Bertz CT molecular complexity index is 2320. The Morgan fingerprint density at radius 3 is 2.07 bits per heavy atom. The fraction of sp³-hybridized carbons (Fsp3) is 0.455. The number of imidazole rings is 2. The maximum absolute atomic E-state index is 13.9. The predicted molar refractivity (Wildman–Crippen MR) is 223 cm³/mol. The maximum Gasteiger partial charge on any atom is 0.407 e. The number of carbonyl (C=O) groups is 4. The minimum absolute atomic E-state index is 0.115. The van der Waals surface area contributed by atoms with Crippen molar-refractivity contribution >= 4 is 45.8 Å². The lowest BCUT2D eigenvalue weighted by Crippen LogP contribution is -2.51. The number of fused-ring (bicyclic) bond motifs is 3. The van der Waals surface area contributed by atoms with Crippen molar-refractivity contribution in [1.29, 1.82) is 0 Å². The normalized spacial score (nSPS) is 19.1. The third-order valence-electron chi connectivity index (χ3n) is 11.6. The van der Waals surface area contributed by atoms with Gasteiger partial charge in [0.05, 0.1) is 55.8 Å². The number of amides is 4. The fourth-order valence-corrected chi connectivity index (χ4v) is 8.51. The highest BCUT2D eigenvalue weighted by Gasteiger charge is 2.42. The number of nitrogens with zero attached hydrogens (tertiary/aromatic N) is 4. The van der Waals surface area contributed by atoms with Gasteiger partial charge < -0.3 is 44.6 Å². The van der Waals surface area contributed by atoms with Gasteiger partial charge in [0.1, 0.15) is 23.7 Å². The second-order valence-electron chi connectivity index (χ2n) is 16.2. The van der Waals surface area contributed by atoms with Gasteiger partial charge in [0.2, 0.25) is 11.8 Å². The van der Waals surface area contributed by atoms with Crippen LogP contribution in [0.5, 0.6) is 0 Å². The zero-order chi connectivity index (χ0) is 42.0. The number of alkyl carbamates (subject to hydrolysis) is 2. The second kappa shape index (κ2) is 17.5. The van der Waals surface area contributed by atoms with Gasteiger partial charge in [0, 0.05) is 31.5 Å². The van der Waals surface area contributed by atoms with Gasteiger partial charge in [-0.3, -0.25) is 9.59 Å². The Balaban J connectivity index is 1.09. The molecule has 2 aliphatic heterocycles. The van der Waals surface area contributed by atoms with Crippen LogP contribution in [-0.2, 0) is 23.8 Å². The number of nitrogens with one attached hydrogen (secondary N) is 4. The predicted octanol–water partition coefficient (Wildman–Crippen LogP) is 6.73. The summed E-state index contributed by atoms with van der Waals surface area (Å²) >= 11 is 0. The molecule has 0 saturated carbocycles. The molecule has 5 aromatic rings. The van der Waals surface area contributed by atoms with Crippen molar-refractivity contribution in [3.63, 3.8) is 0 Å². The van der Waals surface area contributed by atoms with Crippen molar-refractivity contribution in [2.24, 2.45) is 17.8 Å². The fourth-order valence-electron chi connectivity index (χ4n) is 8.51. The van der Waals surface area contributed by atoms with Crippen LogP contribution >= 0.6 is 0 Å². The summed E-state index contributed by atoms with van der Waals surface area (Å²) in [5.41, 5.74) is 5.64. The van der Waals surface area contributed by atoms with Crippen LogP contribution in [0.1, 0.15) is 70.7 Å². The van der Waals surface area contributed by atoms with Gasteiger partial charge in [-0.1, -0.05) is 70.2 Å². The summed E-state index contributed by atoms with van der Waals surface area (Å²) in [6.45, 7) is 9.18. The number of rotatable bonds is 12. The largest absolute Gasteiger partial charge is 0.453 e. The van der Waals surface area contributed by atoms with Crippen molar-refractivity contribution in [3.8, 4) is 22.4 Å². The summed E-state index contributed by atoms with van der Waals surface area (Å²) in [6, 6.07) is 16.8. The minimum Gasteiger partial charge on any atom is -0.453 e. The van der Waals surface area contributed by atoms with E-state index in [1.807, 2.05) is 38.7 Å². The third kappa shape index (κ3) is 8.47. The average molecular weight is 807 g/mol. The smallest absolute Gasteiger partial charge is 0.407 e. The van der Waals surface area contributed by atoms with E-state index in [-0.39, 0.29) is 41.7 Å². The Labute approximate surface area is 343 Å². The molecule has 312 valence electrons. The van der Waals surface area contributed by atoms with Crippen LogP contribution in [0.25, 0.3) is 44.2 Å². The van der Waals surface area contributed by atoms with Gasteiger partial charge in [-0.2, -0.15) is 0 Å². The van der Waals surface area contributed by atoms with E-state index in [1.54, 1.807) is 18.2 Å². The van der Waals surface area contributed by atoms with Gasteiger partial charge in [-0.05, 0) is 65.3 Å². The summed E-state index contributed by atoms with van der Waals surface area (Å²) < 4.78 is 15.0. The molecule has 0 bridgehead atoms. The molecular formula is C44H54N8O7. The summed E-state index contributed by atoms with van der Waals surface area (Å²) in [7, 11) is 4.23. The van der Waals surface area contributed by atoms with Crippen molar-refractivity contribution < 1.29 is 33.4 Å². The number of hydrogen-bond donors (Lipinski definition) is 4. The molecular weight excluding hydrogens is 753 g/mol. The van der Waals surface area contributed by atoms with Crippen molar-refractivity contribution in [2.45, 2.75) is 71.1 Å². The van der Waals surface area contributed by atoms with Crippen molar-refractivity contribution in [1.82, 2.24) is 40.4 Å².